The highest BCUT2D eigenvalue weighted by Gasteiger charge is 2.42. The fourth-order valence-corrected chi connectivity index (χ4v) is 7.34. The van der Waals surface area contributed by atoms with E-state index in [0.717, 1.165) is 70.1 Å². The van der Waals surface area contributed by atoms with Crippen molar-refractivity contribution in [1.29, 1.82) is 5.41 Å². The first-order valence-corrected chi connectivity index (χ1v) is 16.6. The van der Waals surface area contributed by atoms with E-state index in [4.69, 9.17) is 28.9 Å². The Morgan fingerprint density at radius 3 is 2.49 bits per heavy atom. The number of hydrogen-bond acceptors (Lipinski definition) is 5. The first kappa shape index (κ1) is 32.2. The van der Waals surface area contributed by atoms with Crippen LogP contribution < -0.4 is 5.73 Å². The maximum atomic E-state index is 9.40. The number of nitrogens with zero attached hydrogens (tertiary/aromatic N) is 5. The van der Waals surface area contributed by atoms with Crippen LogP contribution in [0.1, 0.15) is 72.8 Å². The van der Waals surface area contributed by atoms with Gasteiger partial charge in [0.15, 0.2) is 11.9 Å². The summed E-state index contributed by atoms with van der Waals surface area (Å²) in [5, 5.41) is 10.6. The van der Waals surface area contributed by atoms with Crippen LogP contribution in [0, 0.1) is 23.2 Å². The van der Waals surface area contributed by atoms with Gasteiger partial charge >= 0.3 is 0 Å². The highest BCUT2D eigenvalue weighted by molar-refractivity contribution is 6.42. The van der Waals surface area contributed by atoms with Crippen LogP contribution in [0.3, 0.4) is 0 Å². The Morgan fingerprint density at radius 1 is 1.07 bits per heavy atom. The lowest BCUT2D eigenvalue weighted by atomic mass is 9.97. The highest BCUT2D eigenvalue weighted by atomic mass is 35.5. The van der Waals surface area contributed by atoms with Gasteiger partial charge in [-0.3, -0.25) is 15.3 Å². The summed E-state index contributed by atoms with van der Waals surface area (Å²) in [7, 11) is 0. The summed E-state index contributed by atoms with van der Waals surface area (Å²) in [6.07, 6.45) is 5.50. The molecule has 3 N–H and O–H groups in total. The molecule has 0 radical (unpaired) electrons. The van der Waals surface area contributed by atoms with Gasteiger partial charge in [0.1, 0.15) is 0 Å². The third-order valence-corrected chi connectivity index (χ3v) is 10.4. The fourth-order valence-electron chi connectivity index (χ4n) is 7.02. The summed E-state index contributed by atoms with van der Waals surface area (Å²) in [6, 6.07) is 7.42. The van der Waals surface area contributed by atoms with E-state index in [9.17, 15) is 5.41 Å². The molecule has 3 aliphatic rings. The average Bonchev–Trinajstić information content (AvgIpc) is 3.60. The Labute approximate surface area is 258 Å². The van der Waals surface area contributed by atoms with Crippen LogP contribution in [0.2, 0.25) is 10.0 Å². The van der Waals surface area contributed by atoms with Crippen molar-refractivity contribution in [3.63, 3.8) is 0 Å². The van der Waals surface area contributed by atoms with Crippen molar-refractivity contribution in [3.8, 4) is 0 Å². The van der Waals surface area contributed by atoms with Gasteiger partial charge in [-0.25, -0.2) is 0 Å². The standard InChI is InChI=1S/C32H53Cl2N7/c1-7-23(6)30-20-41(32(36)39(30)14-12-24-10-11-27(33)28(34)16-24)29(22(4)5)19-38-13-8-9-25(38)18-40-26(15-21(2)3)17-37-31(40)35/h10-11,16,21-23,25-26,29-30,36H,7-9,12-15,17-20H2,1-6H3,(H2,35,37)/t23-,25+,26-,29+,30+/m1/s1. The second-order valence-corrected chi connectivity index (χ2v) is 14.2. The lowest BCUT2D eigenvalue weighted by molar-refractivity contribution is 0.132. The van der Waals surface area contributed by atoms with Gasteiger partial charge in [-0.2, -0.15) is 0 Å². The molecule has 3 aliphatic heterocycles. The molecule has 3 heterocycles. The molecular formula is C32H53Cl2N7. The van der Waals surface area contributed by atoms with E-state index in [1.165, 1.54) is 12.8 Å². The Balaban J connectivity index is 1.46. The molecule has 7 nitrogen and oxygen atoms in total. The number of nitrogens with two attached hydrogens (primary N) is 1. The highest BCUT2D eigenvalue weighted by Crippen LogP contribution is 2.31. The van der Waals surface area contributed by atoms with Crippen LogP contribution in [-0.4, -0.2) is 95.0 Å². The molecule has 5 atom stereocenters. The summed E-state index contributed by atoms with van der Waals surface area (Å²) in [5.41, 5.74) is 7.56. The van der Waals surface area contributed by atoms with E-state index >= 15 is 0 Å². The zero-order valence-corrected chi connectivity index (χ0v) is 27.6. The summed E-state index contributed by atoms with van der Waals surface area (Å²) in [5.74, 6) is 2.98. The molecule has 2 saturated heterocycles. The third kappa shape index (κ3) is 7.64. The molecule has 1 aromatic carbocycles. The van der Waals surface area contributed by atoms with E-state index in [2.05, 4.69) is 72.2 Å². The normalized spacial score (nSPS) is 25.2. The quantitative estimate of drug-likeness (QED) is 0.287. The van der Waals surface area contributed by atoms with Gasteiger partial charge in [-0.1, -0.05) is 77.2 Å². The predicted molar refractivity (Wildman–Crippen MR) is 174 cm³/mol. The monoisotopic (exact) mass is 605 g/mol. The number of benzene rings is 1. The van der Waals surface area contributed by atoms with Crippen LogP contribution >= 0.6 is 23.2 Å². The van der Waals surface area contributed by atoms with Crippen molar-refractivity contribution < 1.29 is 0 Å². The largest absolute Gasteiger partial charge is 0.370 e. The second-order valence-electron chi connectivity index (χ2n) is 13.4. The van der Waals surface area contributed by atoms with E-state index in [0.29, 0.717) is 57.9 Å². The van der Waals surface area contributed by atoms with Crippen molar-refractivity contribution in [3.05, 3.63) is 33.8 Å². The van der Waals surface area contributed by atoms with E-state index < -0.39 is 0 Å². The zero-order valence-electron chi connectivity index (χ0n) is 26.1. The van der Waals surface area contributed by atoms with Gasteiger partial charge in [0.05, 0.1) is 28.7 Å². The Morgan fingerprint density at radius 2 is 1.83 bits per heavy atom. The second kappa shape index (κ2) is 14.2. The van der Waals surface area contributed by atoms with Crippen LogP contribution in [0.15, 0.2) is 23.2 Å². The van der Waals surface area contributed by atoms with Crippen LogP contribution in [-0.2, 0) is 6.42 Å². The van der Waals surface area contributed by atoms with E-state index in [1.807, 2.05) is 12.1 Å². The lowest BCUT2D eigenvalue weighted by Gasteiger charge is -2.39. The van der Waals surface area contributed by atoms with Crippen LogP contribution in [0.4, 0.5) is 0 Å². The van der Waals surface area contributed by atoms with Gasteiger partial charge in [-0.15, -0.1) is 0 Å². The van der Waals surface area contributed by atoms with Gasteiger partial charge in [0, 0.05) is 38.3 Å². The molecule has 0 aliphatic carbocycles. The molecule has 0 spiro atoms. The molecule has 0 bridgehead atoms. The minimum atomic E-state index is 0.292. The molecule has 0 aromatic heterocycles. The van der Waals surface area contributed by atoms with Crippen LogP contribution in [0.5, 0.6) is 0 Å². The maximum absolute atomic E-state index is 9.40. The molecule has 2 fully saturated rings. The van der Waals surface area contributed by atoms with E-state index in [1.54, 1.807) is 0 Å². The minimum Gasteiger partial charge on any atom is -0.370 e. The topological polar surface area (TPSA) is 75.2 Å². The molecule has 0 unspecified atom stereocenters. The Bertz CT molecular complexity index is 1060. The SMILES string of the molecule is CC[C@@H](C)[C@@H]1CN([C@@H](CN2CCC[C@H]2CN2C(N)=NC[C@H]2CC(C)C)C(C)C)C(=N)N1CCc1ccc(Cl)c(Cl)c1. The van der Waals surface area contributed by atoms with Gasteiger partial charge in [0.2, 0.25) is 0 Å². The van der Waals surface area contributed by atoms with Crippen molar-refractivity contribution >= 4 is 35.1 Å². The molecule has 0 saturated carbocycles. The maximum Gasteiger partial charge on any atom is 0.194 e. The summed E-state index contributed by atoms with van der Waals surface area (Å²) in [4.78, 5) is 14.5. The molecular weight excluding hydrogens is 553 g/mol. The van der Waals surface area contributed by atoms with Crippen molar-refractivity contribution in [2.75, 3.05) is 39.3 Å². The first-order valence-electron chi connectivity index (χ1n) is 15.9. The smallest absolute Gasteiger partial charge is 0.194 e. The first-order chi connectivity index (χ1) is 19.5. The van der Waals surface area contributed by atoms with Crippen molar-refractivity contribution in [2.24, 2.45) is 28.5 Å². The number of aliphatic imine (C=N–C) groups is 1. The summed E-state index contributed by atoms with van der Waals surface area (Å²) < 4.78 is 0. The van der Waals surface area contributed by atoms with Gasteiger partial charge < -0.3 is 20.4 Å². The van der Waals surface area contributed by atoms with Crippen molar-refractivity contribution in [2.45, 2.75) is 97.8 Å². The number of rotatable bonds is 13. The Hall–Kier alpha value is -1.70. The number of hydrogen-bond donors (Lipinski definition) is 2. The van der Waals surface area contributed by atoms with Gasteiger partial charge in [0.25, 0.3) is 0 Å². The minimum absolute atomic E-state index is 0.292. The average molecular weight is 607 g/mol. The zero-order chi connectivity index (χ0) is 29.8. The molecule has 230 valence electrons. The molecule has 41 heavy (non-hydrogen) atoms. The number of halogens is 2. The lowest BCUT2D eigenvalue weighted by Crippen LogP contribution is -2.53. The van der Waals surface area contributed by atoms with Crippen LogP contribution in [0.25, 0.3) is 0 Å². The third-order valence-electron chi connectivity index (χ3n) is 9.69. The molecule has 1 aromatic rings. The van der Waals surface area contributed by atoms with E-state index in [-0.39, 0.29) is 0 Å². The van der Waals surface area contributed by atoms with Crippen molar-refractivity contribution in [1.82, 2.24) is 19.6 Å². The van der Waals surface area contributed by atoms with Gasteiger partial charge in [-0.05, 0) is 67.7 Å². The predicted octanol–water partition coefficient (Wildman–Crippen LogP) is 6.04. The number of likely N-dealkylation sites (tertiary alicyclic amines) is 1. The summed E-state index contributed by atoms with van der Waals surface area (Å²) >= 11 is 12.5. The number of guanidine groups is 2. The fraction of sp³-hybridized carbons (Fsp3) is 0.750. The molecule has 0 amide bonds. The summed E-state index contributed by atoms with van der Waals surface area (Å²) in [6.45, 7) is 19.4. The Kier molecular flexibility index (Phi) is 11.1. The molecule has 4 rings (SSSR count). The molecule has 9 heteroatoms. The number of nitrogens with one attached hydrogen (secondary N) is 1.